The minimum absolute atomic E-state index is 0.205. The molecular weight excluding hydrogens is 465 g/mol. The van der Waals surface area contributed by atoms with Crippen molar-refractivity contribution in [2.24, 2.45) is 0 Å². The van der Waals surface area contributed by atoms with Crippen molar-refractivity contribution in [1.29, 1.82) is 5.26 Å². The quantitative estimate of drug-likeness (QED) is 0.496. The van der Waals surface area contributed by atoms with E-state index in [1.807, 2.05) is 11.0 Å². The van der Waals surface area contributed by atoms with E-state index in [1.165, 1.54) is 19.4 Å². The molecule has 0 radical (unpaired) electrons. The van der Waals surface area contributed by atoms with E-state index in [2.05, 4.69) is 20.9 Å². The lowest BCUT2D eigenvalue weighted by atomic mass is 10.2. The number of hydrogen-bond donors (Lipinski definition) is 3. The lowest BCUT2D eigenvalue weighted by molar-refractivity contribution is 0.208. The zero-order valence-electron chi connectivity index (χ0n) is 19.5. The summed E-state index contributed by atoms with van der Waals surface area (Å²) in [4.78, 5) is 32.4. The Hall–Kier alpha value is -4.85. The average Bonchev–Trinajstić information content (AvgIpc) is 2.89. The Bertz CT molecular complexity index is 1300. The van der Waals surface area contributed by atoms with Crippen LogP contribution in [0.25, 0.3) is 0 Å². The standard InChI is InChI=1S/C25H24FN7O3/c1-36-22-7-3-2-6-20(22)30-24(34)29-18-8-9-21(19(26)15-18)32-11-13-33(14-12-32)25(35)31-23-17(16-27)5-4-10-28-23/h2-10,15H,11-14H2,1H3,(H,28,31,35)(H2,29,30,34). The molecule has 1 fully saturated rings. The number of rotatable bonds is 5. The zero-order valence-corrected chi connectivity index (χ0v) is 19.5. The lowest BCUT2D eigenvalue weighted by Crippen LogP contribution is -2.50. The van der Waals surface area contributed by atoms with E-state index in [9.17, 15) is 14.0 Å². The van der Waals surface area contributed by atoms with Crippen LogP contribution in [0.5, 0.6) is 5.75 Å². The van der Waals surface area contributed by atoms with E-state index >= 15 is 0 Å². The Morgan fingerprint density at radius 3 is 2.53 bits per heavy atom. The van der Waals surface area contributed by atoms with Gasteiger partial charge in [0.2, 0.25) is 0 Å². The van der Waals surface area contributed by atoms with Gasteiger partial charge >= 0.3 is 12.1 Å². The molecule has 0 spiro atoms. The second kappa shape index (κ2) is 11.1. The van der Waals surface area contributed by atoms with Crippen molar-refractivity contribution >= 4 is 34.9 Å². The van der Waals surface area contributed by atoms with Crippen LogP contribution < -0.4 is 25.6 Å². The van der Waals surface area contributed by atoms with Crippen molar-refractivity contribution in [1.82, 2.24) is 9.88 Å². The summed E-state index contributed by atoms with van der Waals surface area (Å²) in [6, 6.07) is 15.7. The third kappa shape index (κ3) is 5.61. The number of nitrogens with zero attached hydrogens (tertiary/aromatic N) is 4. The highest BCUT2D eigenvalue weighted by Crippen LogP contribution is 2.26. The summed E-state index contributed by atoms with van der Waals surface area (Å²) in [5, 5.41) is 17.1. The van der Waals surface area contributed by atoms with Crippen molar-refractivity contribution in [3.05, 3.63) is 72.2 Å². The van der Waals surface area contributed by atoms with E-state index in [1.54, 1.807) is 53.4 Å². The summed E-state index contributed by atoms with van der Waals surface area (Å²) in [5.74, 6) is 0.221. The highest BCUT2D eigenvalue weighted by molar-refractivity contribution is 6.00. The molecule has 4 amide bonds. The van der Waals surface area contributed by atoms with Gasteiger partial charge in [-0.25, -0.2) is 19.0 Å². The average molecular weight is 490 g/mol. The van der Waals surface area contributed by atoms with Gasteiger partial charge in [0.15, 0.2) is 5.82 Å². The number of urea groups is 2. The predicted octanol–water partition coefficient (Wildman–Crippen LogP) is 4.10. The molecule has 1 saturated heterocycles. The van der Waals surface area contributed by atoms with Crippen molar-refractivity contribution < 1.29 is 18.7 Å². The summed E-state index contributed by atoms with van der Waals surface area (Å²) in [7, 11) is 1.50. The van der Waals surface area contributed by atoms with Crippen LogP contribution in [0, 0.1) is 17.1 Å². The minimum Gasteiger partial charge on any atom is -0.495 e. The molecule has 1 aliphatic rings. The number of carbonyl (C=O) groups excluding carboxylic acids is 2. The van der Waals surface area contributed by atoms with Gasteiger partial charge in [0.1, 0.15) is 17.6 Å². The summed E-state index contributed by atoms with van der Waals surface area (Å²) in [6.45, 7) is 1.56. The van der Waals surface area contributed by atoms with Gasteiger partial charge in [-0.2, -0.15) is 5.26 Å². The molecule has 10 nitrogen and oxygen atoms in total. The maximum absolute atomic E-state index is 14.9. The number of aromatic nitrogens is 1. The van der Waals surface area contributed by atoms with Gasteiger partial charge in [-0.15, -0.1) is 0 Å². The molecule has 11 heteroatoms. The van der Waals surface area contributed by atoms with Gasteiger partial charge in [0, 0.05) is 38.1 Å². The number of methoxy groups -OCH3 is 1. The van der Waals surface area contributed by atoms with E-state index < -0.39 is 11.8 Å². The molecule has 2 heterocycles. The van der Waals surface area contributed by atoms with E-state index in [4.69, 9.17) is 10.00 Å². The van der Waals surface area contributed by atoms with Crippen LogP contribution >= 0.6 is 0 Å². The van der Waals surface area contributed by atoms with Gasteiger partial charge < -0.3 is 25.2 Å². The number of nitriles is 1. The van der Waals surface area contributed by atoms with E-state index in [0.717, 1.165) is 0 Å². The first-order chi connectivity index (χ1) is 17.5. The first-order valence-corrected chi connectivity index (χ1v) is 11.1. The Labute approximate surface area is 207 Å². The molecule has 0 bridgehead atoms. The van der Waals surface area contributed by atoms with Gasteiger partial charge in [0.25, 0.3) is 0 Å². The Morgan fingerprint density at radius 1 is 1.03 bits per heavy atom. The number of ether oxygens (including phenoxy) is 1. The highest BCUT2D eigenvalue weighted by atomic mass is 19.1. The molecule has 0 atom stereocenters. The summed E-state index contributed by atoms with van der Waals surface area (Å²) >= 11 is 0. The van der Waals surface area contributed by atoms with Crippen molar-refractivity contribution in [3.63, 3.8) is 0 Å². The Morgan fingerprint density at radius 2 is 1.81 bits per heavy atom. The maximum atomic E-state index is 14.9. The number of amides is 4. The summed E-state index contributed by atoms with van der Waals surface area (Å²) in [6.07, 6.45) is 1.50. The third-order valence-corrected chi connectivity index (χ3v) is 5.62. The zero-order chi connectivity index (χ0) is 25.5. The number of para-hydroxylation sites is 2. The number of piperazine rings is 1. The second-order valence-corrected chi connectivity index (χ2v) is 7.86. The van der Waals surface area contributed by atoms with Gasteiger partial charge in [0.05, 0.1) is 24.0 Å². The lowest BCUT2D eigenvalue weighted by Gasteiger charge is -2.36. The van der Waals surface area contributed by atoms with Crippen LogP contribution in [-0.4, -0.2) is 55.2 Å². The van der Waals surface area contributed by atoms with Crippen molar-refractivity contribution in [2.45, 2.75) is 0 Å². The molecule has 3 N–H and O–H groups in total. The number of anilines is 4. The number of nitrogens with one attached hydrogen (secondary N) is 3. The highest BCUT2D eigenvalue weighted by Gasteiger charge is 2.24. The van der Waals surface area contributed by atoms with Gasteiger partial charge in [-0.3, -0.25) is 5.32 Å². The molecule has 4 rings (SSSR count). The normalized spacial score (nSPS) is 12.9. The number of hydrogen-bond acceptors (Lipinski definition) is 6. The second-order valence-electron chi connectivity index (χ2n) is 7.86. The van der Waals surface area contributed by atoms with Crippen molar-refractivity contribution in [3.8, 4) is 11.8 Å². The number of pyridine rings is 1. The minimum atomic E-state index is -0.529. The Balaban J connectivity index is 1.33. The van der Waals surface area contributed by atoms with E-state index in [-0.39, 0.29) is 17.4 Å². The number of halogens is 1. The number of benzene rings is 2. The van der Waals surface area contributed by atoms with E-state index in [0.29, 0.717) is 49.0 Å². The monoisotopic (exact) mass is 489 g/mol. The van der Waals surface area contributed by atoms with Crippen LogP contribution in [0.4, 0.5) is 36.9 Å². The maximum Gasteiger partial charge on any atom is 0.323 e. The topological polar surface area (TPSA) is 123 Å². The third-order valence-electron chi connectivity index (χ3n) is 5.62. The largest absolute Gasteiger partial charge is 0.495 e. The van der Waals surface area contributed by atoms with Crippen LogP contribution in [0.15, 0.2) is 60.8 Å². The summed E-state index contributed by atoms with van der Waals surface area (Å²) < 4.78 is 20.1. The smallest absolute Gasteiger partial charge is 0.323 e. The molecule has 1 aliphatic heterocycles. The van der Waals surface area contributed by atoms with Gasteiger partial charge in [-0.1, -0.05) is 12.1 Å². The Kier molecular flexibility index (Phi) is 7.45. The summed E-state index contributed by atoms with van der Waals surface area (Å²) in [5.41, 5.74) is 1.44. The molecule has 36 heavy (non-hydrogen) atoms. The molecular formula is C25H24FN7O3. The van der Waals surface area contributed by atoms with Crippen LogP contribution in [0.2, 0.25) is 0 Å². The molecule has 0 aliphatic carbocycles. The SMILES string of the molecule is COc1ccccc1NC(=O)Nc1ccc(N2CCN(C(=O)Nc3ncccc3C#N)CC2)c(F)c1. The molecule has 3 aromatic rings. The van der Waals surface area contributed by atoms with Gasteiger partial charge in [-0.05, 0) is 42.5 Å². The van der Waals surface area contributed by atoms with Crippen molar-refractivity contribution in [2.75, 3.05) is 54.1 Å². The van der Waals surface area contributed by atoms with Crippen LogP contribution in [-0.2, 0) is 0 Å². The molecule has 2 aromatic carbocycles. The first kappa shape index (κ1) is 24.3. The fourth-order valence-electron chi connectivity index (χ4n) is 3.80. The number of carbonyl (C=O) groups is 2. The fraction of sp³-hybridized carbons (Fsp3) is 0.200. The molecule has 0 saturated carbocycles. The molecule has 184 valence electrons. The first-order valence-electron chi connectivity index (χ1n) is 11.1. The molecule has 0 unspecified atom stereocenters. The predicted molar refractivity (Wildman–Crippen MR) is 134 cm³/mol. The van der Waals surface area contributed by atoms with Crippen LogP contribution in [0.3, 0.4) is 0 Å². The fourth-order valence-corrected chi connectivity index (χ4v) is 3.80. The molecule has 1 aromatic heterocycles. The van der Waals surface area contributed by atoms with Crippen LogP contribution in [0.1, 0.15) is 5.56 Å².